The van der Waals surface area contributed by atoms with Crippen LogP contribution in [0, 0.1) is 6.92 Å². The van der Waals surface area contributed by atoms with E-state index in [4.69, 9.17) is 0 Å². The van der Waals surface area contributed by atoms with Gasteiger partial charge in [0.1, 0.15) is 10.1 Å². The summed E-state index contributed by atoms with van der Waals surface area (Å²) in [5.41, 5.74) is 0.928. The van der Waals surface area contributed by atoms with Crippen LogP contribution in [0.5, 0.6) is 0 Å². The molecular weight excluding hydrogens is 340 g/mol. The van der Waals surface area contributed by atoms with Gasteiger partial charge >= 0.3 is 0 Å². The molecule has 24 heavy (non-hydrogen) atoms. The van der Waals surface area contributed by atoms with E-state index in [-0.39, 0.29) is 4.90 Å². The van der Waals surface area contributed by atoms with Gasteiger partial charge in [-0.1, -0.05) is 54.1 Å². The molecule has 5 heteroatoms. The van der Waals surface area contributed by atoms with Gasteiger partial charge in [0, 0.05) is 11.8 Å². The van der Waals surface area contributed by atoms with Gasteiger partial charge < -0.3 is 4.55 Å². The van der Waals surface area contributed by atoms with Crippen molar-refractivity contribution in [2.75, 3.05) is 0 Å². The Kier molecular flexibility index (Phi) is 6.61. The lowest BCUT2D eigenvalue weighted by Crippen LogP contribution is -1.97. The molecule has 0 heterocycles. The van der Waals surface area contributed by atoms with Crippen molar-refractivity contribution >= 4 is 21.9 Å². The molecule has 0 saturated heterocycles. The van der Waals surface area contributed by atoms with Crippen molar-refractivity contribution in [3.05, 3.63) is 90.5 Å². The molecular formula is C19H18O3S2. The van der Waals surface area contributed by atoms with Crippen LogP contribution in [0.4, 0.5) is 0 Å². The molecule has 0 aliphatic rings. The number of hydrogen-bond donors (Lipinski definition) is 0. The SMILES string of the molecule is Cc1ccc(S(=O)(=O)[O-])cc1.c1ccc([SH+]c2ccccc2)cc1. The molecule has 0 amide bonds. The fourth-order valence-electron chi connectivity index (χ4n) is 1.86. The first-order valence-corrected chi connectivity index (χ1v) is 9.60. The van der Waals surface area contributed by atoms with Crippen molar-refractivity contribution in [1.29, 1.82) is 0 Å². The van der Waals surface area contributed by atoms with Crippen LogP contribution >= 0.6 is 0 Å². The molecule has 0 saturated carbocycles. The first kappa shape index (κ1) is 18.3. The van der Waals surface area contributed by atoms with Gasteiger partial charge in [-0.3, -0.25) is 0 Å². The predicted octanol–water partition coefficient (Wildman–Crippen LogP) is 3.82. The number of thiol groups is 1. The second-order valence-corrected chi connectivity index (χ2v) is 7.69. The van der Waals surface area contributed by atoms with E-state index in [9.17, 15) is 13.0 Å². The lowest BCUT2D eigenvalue weighted by molar-refractivity contribution is 0.463. The summed E-state index contributed by atoms with van der Waals surface area (Å²) in [7, 11) is -4.27. The summed E-state index contributed by atoms with van der Waals surface area (Å²) in [6.07, 6.45) is 0. The maximum absolute atomic E-state index is 10.4. The zero-order valence-corrected chi connectivity index (χ0v) is 14.9. The van der Waals surface area contributed by atoms with Crippen LogP contribution in [0.15, 0.2) is 99.6 Å². The largest absolute Gasteiger partial charge is 0.744 e. The predicted molar refractivity (Wildman–Crippen MR) is 97.3 cm³/mol. The van der Waals surface area contributed by atoms with E-state index in [0.29, 0.717) is 0 Å². The van der Waals surface area contributed by atoms with E-state index in [1.54, 1.807) is 12.1 Å². The van der Waals surface area contributed by atoms with E-state index >= 15 is 0 Å². The Balaban J connectivity index is 0.000000177. The molecule has 124 valence electrons. The van der Waals surface area contributed by atoms with Gasteiger partial charge in [0.05, 0.1) is 4.90 Å². The van der Waals surface area contributed by atoms with E-state index in [0.717, 1.165) is 5.56 Å². The number of aryl methyl sites for hydroxylation is 1. The zero-order chi connectivity index (χ0) is 17.4. The Morgan fingerprint density at radius 1 is 0.708 bits per heavy atom. The summed E-state index contributed by atoms with van der Waals surface area (Å²) >= 11 is 1.28. The average Bonchev–Trinajstić information content (AvgIpc) is 2.57. The Hall–Kier alpha value is -2.08. The van der Waals surface area contributed by atoms with Crippen molar-refractivity contribution in [3.8, 4) is 0 Å². The summed E-state index contributed by atoms with van der Waals surface area (Å²) in [4.78, 5) is 2.51. The molecule has 0 N–H and O–H groups in total. The van der Waals surface area contributed by atoms with E-state index in [1.807, 2.05) is 19.1 Å². The van der Waals surface area contributed by atoms with Crippen molar-refractivity contribution in [2.24, 2.45) is 0 Å². The van der Waals surface area contributed by atoms with Crippen molar-refractivity contribution in [2.45, 2.75) is 21.6 Å². The molecule has 3 rings (SSSR count). The van der Waals surface area contributed by atoms with Gasteiger partial charge in [-0.2, -0.15) is 0 Å². The van der Waals surface area contributed by atoms with Crippen LogP contribution in [-0.4, -0.2) is 13.0 Å². The summed E-state index contributed by atoms with van der Waals surface area (Å²) < 4.78 is 31.2. The molecule has 0 aliphatic carbocycles. The normalized spacial score (nSPS) is 10.6. The minimum Gasteiger partial charge on any atom is -0.744 e. The highest BCUT2D eigenvalue weighted by atomic mass is 32.2. The minimum absolute atomic E-state index is 0.178. The van der Waals surface area contributed by atoms with Crippen molar-refractivity contribution in [1.82, 2.24) is 0 Å². The molecule has 0 radical (unpaired) electrons. The van der Waals surface area contributed by atoms with Gasteiger partial charge in [-0.25, -0.2) is 8.42 Å². The highest BCUT2D eigenvalue weighted by Crippen LogP contribution is 2.11. The van der Waals surface area contributed by atoms with Crippen LogP contribution < -0.4 is 0 Å². The number of hydrogen-bond acceptors (Lipinski definition) is 3. The van der Waals surface area contributed by atoms with E-state index in [1.165, 1.54) is 33.7 Å². The summed E-state index contributed by atoms with van der Waals surface area (Å²) in [6.45, 7) is 1.82. The second kappa shape index (κ2) is 8.68. The molecule has 0 aliphatic heterocycles. The van der Waals surface area contributed by atoms with Crippen LogP contribution in [0.3, 0.4) is 0 Å². The van der Waals surface area contributed by atoms with Crippen LogP contribution in [0.2, 0.25) is 0 Å². The molecule has 0 spiro atoms. The average molecular weight is 358 g/mol. The molecule has 0 aromatic heterocycles. The Morgan fingerprint density at radius 3 is 1.50 bits per heavy atom. The third kappa shape index (κ3) is 6.20. The molecule has 0 atom stereocenters. The molecule has 3 aromatic rings. The third-order valence-corrected chi connectivity index (χ3v) is 5.04. The smallest absolute Gasteiger partial charge is 0.158 e. The van der Waals surface area contributed by atoms with Crippen molar-refractivity contribution in [3.63, 3.8) is 0 Å². The highest BCUT2D eigenvalue weighted by Gasteiger charge is 2.03. The van der Waals surface area contributed by atoms with Gasteiger partial charge in [0.15, 0.2) is 9.79 Å². The number of benzene rings is 3. The quantitative estimate of drug-likeness (QED) is 0.406. The highest BCUT2D eigenvalue weighted by molar-refractivity contribution is 7.85. The van der Waals surface area contributed by atoms with Crippen molar-refractivity contribution < 1.29 is 13.0 Å². The zero-order valence-electron chi connectivity index (χ0n) is 13.2. The topological polar surface area (TPSA) is 57.2 Å². The molecule has 3 aromatic carbocycles. The second-order valence-electron chi connectivity index (χ2n) is 5.05. The maximum Gasteiger partial charge on any atom is 0.158 e. The Morgan fingerprint density at radius 2 is 1.12 bits per heavy atom. The Labute approximate surface area is 147 Å². The third-order valence-electron chi connectivity index (χ3n) is 3.08. The minimum atomic E-state index is -4.27. The van der Waals surface area contributed by atoms with Crippen LogP contribution in [-0.2, 0) is 21.9 Å². The van der Waals surface area contributed by atoms with Gasteiger partial charge in [-0.05, 0) is 43.3 Å². The Bertz CT molecular complexity index is 807. The summed E-state index contributed by atoms with van der Waals surface area (Å²) in [5.74, 6) is 0. The standard InChI is InChI=1S/C12H10S.C7H8O3S/c1-3-7-11(8-4-1)13-12-9-5-2-6-10-12;1-6-2-4-7(5-3-6)11(8,9)10/h1-10H;2-5H,1H3,(H,8,9,10). The summed E-state index contributed by atoms with van der Waals surface area (Å²) in [5, 5.41) is 0. The van der Waals surface area contributed by atoms with Gasteiger partial charge in [0.25, 0.3) is 0 Å². The fourth-order valence-corrected chi connectivity index (χ4v) is 3.27. The van der Waals surface area contributed by atoms with Gasteiger partial charge in [-0.15, -0.1) is 0 Å². The molecule has 0 unspecified atom stereocenters. The van der Waals surface area contributed by atoms with Crippen LogP contribution in [0.25, 0.3) is 0 Å². The fraction of sp³-hybridized carbons (Fsp3) is 0.0526. The maximum atomic E-state index is 10.4. The monoisotopic (exact) mass is 358 g/mol. The first-order valence-electron chi connectivity index (χ1n) is 7.29. The van der Waals surface area contributed by atoms with E-state index in [2.05, 4.69) is 48.5 Å². The number of rotatable bonds is 3. The molecule has 0 fully saturated rings. The van der Waals surface area contributed by atoms with Crippen LogP contribution in [0.1, 0.15) is 5.56 Å². The lowest BCUT2D eigenvalue weighted by atomic mass is 10.2. The first-order chi connectivity index (χ1) is 11.4. The van der Waals surface area contributed by atoms with E-state index < -0.39 is 10.1 Å². The molecule has 3 nitrogen and oxygen atoms in total. The lowest BCUT2D eigenvalue weighted by Gasteiger charge is -2.05. The molecule has 0 bridgehead atoms. The summed E-state index contributed by atoms with van der Waals surface area (Å²) in [6, 6.07) is 26.8. The van der Waals surface area contributed by atoms with Gasteiger partial charge in [0.2, 0.25) is 0 Å².